The third-order valence-corrected chi connectivity index (χ3v) is 2.48. The normalized spacial score (nSPS) is 13.1. The molecule has 0 fully saturated rings. The van der Waals surface area contributed by atoms with Gasteiger partial charge >= 0.3 is 6.18 Å². The van der Waals surface area contributed by atoms with Gasteiger partial charge in [-0.05, 0) is 18.6 Å². The molecule has 0 aromatic heterocycles. The fourth-order valence-electron chi connectivity index (χ4n) is 1.32. The first-order valence-electron chi connectivity index (χ1n) is 4.65. The first-order chi connectivity index (χ1) is 7.77. The molecule has 0 radical (unpaired) electrons. The van der Waals surface area contributed by atoms with Crippen LogP contribution in [-0.2, 0) is 6.18 Å². The molecular formula is C10H10Cl2F5N. The molecule has 0 aliphatic rings. The van der Waals surface area contributed by atoms with E-state index in [0.717, 1.165) is 0 Å². The van der Waals surface area contributed by atoms with Gasteiger partial charge < -0.3 is 5.73 Å². The second-order valence-corrected chi connectivity index (χ2v) is 3.85. The Bertz CT molecular complexity index is 408. The Hall–Kier alpha value is -0.590. The Labute approximate surface area is 112 Å². The first kappa shape index (κ1) is 17.4. The number of hydrogen-bond donors (Lipinski definition) is 1. The number of benzene rings is 1. The van der Waals surface area contributed by atoms with Gasteiger partial charge in [0, 0.05) is 11.6 Å². The molecule has 0 heterocycles. The number of halogens is 7. The molecule has 1 nitrogen and oxygen atoms in total. The van der Waals surface area contributed by atoms with Crippen molar-refractivity contribution in [1.82, 2.24) is 0 Å². The van der Waals surface area contributed by atoms with Crippen LogP contribution in [0.5, 0.6) is 0 Å². The van der Waals surface area contributed by atoms with Crippen molar-refractivity contribution in [3.63, 3.8) is 0 Å². The second kappa shape index (κ2) is 6.54. The van der Waals surface area contributed by atoms with Crippen molar-refractivity contribution >= 4 is 24.0 Å². The molecule has 1 aromatic rings. The lowest BCUT2D eigenvalue weighted by atomic mass is 10.0. The van der Waals surface area contributed by atoms with Crippen LogP contribution in [0.1, 0.15) is 23.6 Å². The highest BCUT2D eigenvalue weighted by Crippen LogP contribution is 2.35. The molecule has 1 rings (SSSR count). The predicted octanol–water partition coefficient (Wildman–Crippen LogP) is 4.28. The highest BCUT2D eigenvalue weighted by atomic mass is 35.5. The van der Waals surface area contributed by atoms with Crippen LogP contribution < -0.4 is 5.73 Å². The van der Waals surface area contributed by atoms with E-state index in [0.29, 0.717) is 12.1 Å². The van der Waals surface area contributed by atoms with Crippen LogP contribution in [-0.4, -0.2) is 6.67 Å². The molecule has 2 N–H and O–H groups in total. The minimum absolute atomic E-state index is 0. The van der Waals surface area contributed by atoms with Crippen LogP contribution in [0.3, 0.4) is 0 Å². The Balaban J connectivity index is 0.00000289. The molecule has 18 heavy (non-hydrogen) atoms. The maximum atomic E-state index is 13.4. The van der Waals surface area contributed by atoms with Gasteiger partial charge in [-0.25, -0.2) is 4.39 Å². The van der Waals surface area contributed by atoms with Crippen LogP contribution in [0.15, 0.2) is 12.1 Å². The van der Waals surface area contributed by atoms with Gasteiger partial charge in [0.1, 0.15) is 5.82 Å². The van der Waals surface area contributed by atoms with Crippen LogP contribution in [0, 0.1) is 5.82 Å². The zero-order valence-electron chi connectivity index (χ0n) is 8.90. The molecule has 0 aliphatic carbocycles. The van der Waals surface area contributed by atoms with Crippen molar-refractivity contribution in [3.8, 4) is 0 Å². The van der Waals surface area contributed by atoms with Gasteiger partial charge in [0.2, 0.25) is 0 Å². The smallest absolute Gasteiger partial charge is 0.324 e. The van der Waals surface area contributed by atoms with E-state index in [1.807, 2.05) is 0 Å². The van der Waals surface area contributed by atoms with Crippen LogP contribution in [0.2, 0.25) is 5.02 Å². The van der Waals surface area contributed by atoms with Crippen molar-refractivity contribution in [1.29, 1.82) is 0 Å². The van der Waals surface area contributed by atoms with Crippen molar-refractivity contribution in [2.45, 2.75) is 18.6 Å². The van der Waals surface area contributed by atoms with Crippen LogP contribution in [0.4, 0.5) is 22.0 Å². The van der Waals surface area contributed by atoms with Crippen LogP contribution >= 0.6 is 24.0 Å². The third-order valence-electron chi connectivity index (χ3n) is 2.20. The van der Waals surface area contributed by atoms with Crippen molar-refractivity contribution in [3.05, 3.63) is 34.1 Å². The molecule has 1 atom stereocenters. The van der Waals surface area contributed by atoms with E-state index in [9.17, 15) is 22.0 Å². The summed E-state index contributed by atoms with van der Waals surface area (Å²) in [5.41, 5.74) is 3.85. The lowest BCUT2D eigenvalue weighted by molar-refractivity contribution is -0.137. The maximum Gasteiger partial charge on any atom is 0.416 e. The highest BCUT2D eigenvalue weighted by Gasteiger charge is 2.32. The Morgan fingerprint density at radius 3 is 2.28 bits per heavy atom. The summed E-state index contributed by atoms with van der Waals surface area (Å²) in [5.74, 6) is -1.04. The lowest BCUT2D eigenvalue weighted by Crippen LogP contribution is -2.15. The second-order valence-electron chi connectivity index (χ2n) is 3.44. The molecule has 0 unspecified atom stereocenters. The summed E-state index contributed by atoms with van der Waals surface area (Å²) in [6.07, 6.45) is -4.92. The van der Waals surface area contributed by atoms with Crippen LogP contribution in [0.25, 0.3) is 0 Å². The van der Waals surface area contributed by atoms with Gasteiger partial charge in [0.15, 0.2) is 0 Å². The van der Waals surface area contributed by atoms with E-state index in [1.165, 1.54) is 0 Å². The molecule has 0 saturated carbocycles. The molecule has 0 aliphatic heterocycles. The minimum atomic E-state index is -4.65. The highest BCUT2D eigenvalue weighted by molar-refractivity contribution is 6.30. The summed E-state index contributed by atoms with van der Waals surface area (Å²) in [4.78, 5) is 0. The summed E-state index contributed by atoms with van der Waals surface area (Å²) in [7, 11) is 0. The van der Waals surface area contributed by atoms with Gasteiger partial charge in [0.05, 0.1) is 17.3 Å². The van der Waals surface area contributed by atoms with E-state index < -0.39 is 40.9 Å². The quantitative estimate of drug-likeness (QED) is 0.829. The summed E-state index contributed by atoms with van der Waals surface area (Å²) in [5, 5.41) is -0.677. The first-order valence-corrected chi connectivity index (χ1v) is 5.03. The van der Waals surface area contributed by atoms with Gasteiger partial charge in [-0.2, -0.15) is 13.2 Å². The van der Waals surface area contributed by atoms with E-state index in [1.54, 1.807) is 0 Å². The van der Waals surface area contributed by atoms with Gasteiger partial charge in [-0.15, -0.1) is 12.4 Å². The molecule has 8 heteroatoms. The summed E-state index contributed by atoms with van der Waals surface area (Å²) in [6.45, 7) is -0.853. The molecule has 104 valence electrons. The number of nitrogens with two attached hydrogens (primary N) is 1. The average Bonchev–Trinajstić information content (AvgIpc) is 2.20. The zero-order chi connectivity index (χ0) is 13.2. The van der Waals surface area contributed by atoms with E-state index >= 15 is 0 Å². The largest absolute Gasteiger partial charge is 0.416 e. The Morgan fingerprint density at radius 2 is 1.83 bits per heavy atom. The zero-order valence-corrected chi connectivity index (χ0v) is 10.5. The topological polar surface area (TPSA) is 26.0 Å². The van der Waals surface area contributed by atoms with Gasteiger partial charge in [-0.3, -0.25) is 4.39 Å². The molecule has 0 bridgehead atoms. The minimum Gasteiger partial charge on any atom is -0.324 e. The standard InChI is InChI=1S/C10H9ClF5N.ClH/c11-7-4-5(10(14,15)16)3-6(9(7)13)8(17)1-2-12;/h3-4,8H,1-2,17H2;1H/t8-;/m0./s1. The average molecular weight is 310 g/mol. The maximum absolute atomic E-state index is 13.4. The van der Waals surface area contributed by atoms with E-state index in [2.05, 4.69) is 0 Å². The van der Waals surface area contributed by atoms with Gasteiger partial charge in [0.25, 0.3) is 0 Å². The monoisotopic (exact) mass is 309 g/mol. The Morgan fingerprint density at radius 1 is 1.28 bits per heavy atom. The summed E-state index contributed by atoms with van der Waals surface area (Å²) in [6, 6.07) is -0.121. The molecule has 1 aromatic carbocycles. The Kier molecular flexibility index (Phi) is 6.33. The molecule has 0 spiro atoms. The lowest BCUT2D eigenvalue weighted by Gasteiger charge is -2.15. The van der Waals surface area contributed by atoms with Gasteiger partial charge in [-0.1, -0.05) is 11.6 Å². The molecule has 0 amide bonds. The molecule has 0 saturated heterocycles. The fourth-order valence-corrected chi connectivity index (χ4v) is 1.54. The summed E-state index contributed by atoms with van der Waals surface area (Å²) >= 11 is 5.34. The van der Waals surface area contributed by atoms with E-state index in [-0.39, 0.29) is 18.8 Å². The third kappa shape index (κ3) is 3.96. The SMILES string of the molecule is Cl.N[C@@H](CCF)c1cc(C(F)(F)F)cc(Cl)c1F. The molecular weight excluding hydrogens is 300 g/mol. The fraction of sp³-hybridized carbons (Fsp3) is 0.400. The van der Waals surface area contributed by atoms with Crippen molar-refractivity contribution in [2.24, 2.45) is 5.73 Å². The number of hydrogen-bond acceptors (Lipinski definition) is 1. The summed E-state index contributed by atoms with van der Waals surface area (Å²) < 4.78 is 62.8. The predicted molar refractivity (Wildman–Crippen MR) is 61.2 cm³/mol. The number of alkyl halides is 4. The number of rotatable bonds is 3. The van der Waals surface area contributed by atoms with E-state index in [4.69, 9.17) is 17.3 Å². The van der Waals surface area contributed by atoms with Crippen molar-refractivity contribution in [2.75, 3.05) is 6.67 Å². The van der Waals surface area contributed by atoms with Crippen molar-refractivity contribution < 1.29 is 22.0 Å².